The zero-order chi connectivity index (χ0) is 16.7. The van der Waals surface area contributed by atoms with Gasteiger partial charge < -0.3 is 5.32 Å². The van der Waals surface area contributed by atoms with Crippen LogP contribution < -0.4 is 5.32 Å². The molecule has 24 heavy (non-hydrogen) atoms. The van der Waals surface area contributed by atoms with Crippen LogP contribution in [0.25, 0.3) is 16.6 Å². The van der Waals surface area contributed by atoms with E-state index in [9.17, 15) is 9.59 Å². The number of rotatable bonds is 3. The Morgan fingerprint density at radius 3 is 2.83 bits per heavy atom. The number of aromatic nitrogens is 4. The Kier molecular flexibility index (Phi) is 3.23. The van der Waals surface area contributed by atoms with Crippen molar-refractivity contribution in [2.45, 2.75) is 13.5 Å². The summed E-state index contributed by atoms with van der Waals surface area (Å²) in [5.74, 6) is 0.796. The number of nitrogens with one attached hydrogen (secondary N) is 1. The molecule has 2 aromatic heterocycles. The van der Waals surface area contributed by atoms with Crippen LogP contribution in [-0.2, 0) is 11.3 Å². The minimum absolute atomic E-state index is 0.0157. The largest absolute Gasteiger partial charge is 0.329 e. The molecule has 0 radical (unpaired) electrons. The first kappa shape index (κ1) is 14.3. The molecule has 8 heteroatoms. The molecule has 1 N–H and O–H groups in total. The third-order valence-electron chi connectivity index (χ3n) is 3.86. The number of carbonyl (C=O) groups excluding carboxylic acids is 2. The highest BCUT2D eigenvalue weighted by molar-refractivity contribution is 6.01. The van der Waals surface area contributed by atoms with Crippen molar-refractivity contribution in [1.82, 2.24) is 30.0 Å². The summed E-state index contributed by atoms with van der Waals surface area (Å²) in [4.78, 5) is 33.5. The van der Waals surface area contributed by atoms with Crippen LogP contribution in [0.5, 0.6) is 0 Å². The Morgan fingerprint density at radius 1 is 1.21 bits per heavy atom. The van der Waals surface area contributed by atoms with Gasteiger partial charge in [0.15, 0.2) is 5.82 Å². The molecule has 1 aromatic carbocycles. The van der Waals surface area contributed by atoms with Gasteiger partial charge in [0.1, 0.15) is 5.82 Å². The van der Waals surface area contributed by atoms with E-state index in [4.69, 9.17) is 0 Å². The molecule has 0 aliphatic carbocycles. The number of hydrogen-bond acceptors (Lipinski definition) is 5. The number of urea groups is 1. The first-order chi connectivity index (χ1) is 11.6. The van der Waals surface area contributed by atoms with Crippen LogP contribution >= 0.6 is 0 Å². The summed E-state index contributed by atoms with van der Waals surface area (Å²) in [6.45, 7) is 1.85. The number of amides is 3. The number of nitrogens with zero attached hydrogens (tertiary/aromatic N) is 5. The highest BCUT2D eigenvalue weighted by Gasteiger charge is 2.30. The second kappa shape index (κ2) is 5.41. The lowest BCUT2D eigenvalue weighted by Crippen LogP contribution is -2.31. The molecule has 3 aromatic rings. The van der Waals surface area contributed by atoms with Gasteiger partial charge in [0.2, 0.25) is 5.91 Å². The van der Waals surface area contributed by atoms with E-state index in [0.29, 0.717) is 11.6 Å². The molecule has 0 atom stereocenters. The van der Waals surface area contributed by atoms with E-state index in [0.717, 1.165) is 21.5 Å². The maximum Gasteiger partial charge on any atom is 0.325 e. The van der Waals surface area contributed by atoms with Crippen molar-refractivity contribution in [3.05, 3.63) is 48.2 Å². The van der Waals surface area contributed by atoms with Gasteiger partial charge in [-0.25, -0.2) is 14.5 Å². The van der Waals surface area contributed by atoms with Gasteiger partial charge in [-0.1, -0.05) is 18.2 Å². The molecule has 3 heterocycles. The Labute approximate surface area is 137 Å². The van der Waals surface area contributed by atoms with Crippen molar-refractivity contribution in [2.24, 2.45) is 0 Å². The van der Waals surface area contributed by atoms with E-state index >= 15 is 0 Å². The van der Waals surface area contributed by atoms with Crippen LogP contribution in [0, 0.1) is 6.92 Å². The molecule has 4 rings (SSSR count). The smallest absolute Gasteiger partial charge is 0.325 e. The van der Waals surface area contributed by atoms with Crippen molar-refractivity contribution in [3.63, 3.8) is 0 Å². The van der Waals surface area contributed by atoms with Gasteiger partial charge >= 0.3 is 6.03 Å². The Bertz CT molecular complexity index is 943. The minimum Gasteiger partial charge on any atom is -0.329 e. The van der Waals surface area contributed by atoms with E-state index in [1.165, 1.54) is 0 Å². The van der Waals surface area contributed by atoms with Gasteiger partial charge in [-0.05, 0) is 19.1 Å². The van der Waals surface area contributed by atoms with Gasteiger partial charge in [0.05, 0.1) is 24.3 Å². The zero-order valence-electron chi connectivity index (χ0n) is 12.9. The number of carbonyl (C=O) groups is 2. The zero-order valence-corrected chi connectivity index (χ0v) is 12.9. The lowest BCUT2D eigenvalue weighted by molar-refractivity contribution is -0.125. The van der Waals surface area contributed by atoms with Gasteiger partial charge in [-0.15, -0.1) is 0 Å². The molecule has 1 saturated heterocycles. The highest BCUT2D eigenvalue weighted by atomic mass is 16.2. The summed E-state index contributed by atoms with van der Waals surface area (Å²) >= 11 is 0. The van der Waals surface area contributed by atoms with Gasteiger partial charge in [0.25, 0.3) is 0 Å². The summed E-state index contributed by atoms with van der Waals surface area (Å²) in [6, 6.07) is 9.18. The standard InChI is InChI=1S/C16H14N6O2/c1-10-19-13(9-21-14(23)8-18-16(21)24)22(20-10)12-6-2-4-11-5-3-7-17-15(11)12/h2-7H,8-9H2,1H3,(H,18,24). The monoisotopic (exact) mass is 322 g/mol. The van der Waals surface area contributed by atoms with Gasteiger partial charge in [0, 0.05) is 11.6 Å². The number of imide groups is 1. The van der Waals surface area contributed by atoms with Crippen LogP contribution in [0.1, 0.15) is 11.6 Å². The number of hydrogen-bond donors (Lipinski definition) is 1. The molecule has 0 unspecified atom stereocenters. The average Bonchev–Trinajstić information content (AvgIpc) is 3.11. The number of para-hydroxylation sites is 1. The highest BCUT2D eigenvalue weighted by Crippen LogP contribution is 2.21. The molecule has 0 spiro atoms. The maximum absolute atomic E-state index is 11.8. The lowest BCUT2D eigenvalue weighted by Gasteiger charge is -2.13. The van der Waals surface area contributed by atoms with Crippen LogP contribution in [0.2, 0.25) is 0 Å². The van der Waals surface area contributed by atoms with E-state index in [2.05, 4.69) is 20.4 Å². The molecule has 3 amide bonds. The summed E-state index contributed by atoms with van der Waals surface area (Å²) in [6.07, 6.45) is 1.72. The Morgan fingerprint density at radius 2 is 2.04 bits per heavy atom. The minimum atomic E-state index is -0.414. The fourth-order valence-corrected chi connectivity index (χ4v) is 2.77. The molecule has 0 bridgehead atoms. The molecular weight excluding hydrogens is 308 g/mol. The predicted octanol–water partition coefficient (Wildman–Crippen LogP) is 1.18. The first-order valence-corrected chi connectivity index (χ1v) is 7.48. The number of benzene rings is 1. The van der Waals surface area contributed by atoms with Crippen molar-refractivity contribution in [3.8, 4) is 5.69 Å². The molecule has 8 nitrogen and oxygen atoms in total. The van der Waals surface area contributed by atoms with E-state index in [1.807, 2.05) is 30.3 Å². The third-order valence-corrected chi connectivity index (χ3v) is 3.86. The van der Waals surface area contributed by atoms with E-state index in [-0.39, 0.29) is 19.0 Å². The SMILES string of the molecule is Cc1nc(CN2C(=O)CNC2=O)n(-c2cccc3cccnc23)n1. The summed E-state index contributed by atoms with van der Waals surface area (Å²) in [7, 11) is 0. The first-order valence-electron chi connectivity index (χ1n) is 7.48. The van der Waals surface area contributed by atoms with Crippen LogP contribution in [-0.4, -0.2) is 43.1 Å². The predicted molar refractivity (Wildman–Crippen MR) is 85.3 cm³/mol. The number of fused-ring (bicyclic) bond motifs is 1. The van der Waals surface area contributed by atoms with Gasteiger partial charge in [-0.2, -0.15) is 5.10 Å². The molecule has 1 aliphatic rings. The fraction of sp³-hybridized carbons (Fsp3) is 0.188. The Hall–Kier alpha value is -3.29. The average molecular weight is 322 g/mol. The quantitative estimate of drug-likeness (QED) is 0.731. The third kappa shape index (κ3) is 2.28. The van der Waals surface area contributed by atoms with Crippen molar-refractivity contribution < 1.29 is 9.59 Å². The second-order valence-corrected chi connectivity index (χ2v) is 5.48. The molecular formula is C16H14N6O2. The van der Waals surface area contributed by atoms with Crippen LogP contribution in [0.4, 0.5) is 4.79 Å². The maximum atomic E-state index is 11.8. The topological polar surface area (TPSA) is 93.0 Å². The van der Waals surface area contributed by atoms with E-state index < -0.39 is 6.03 Å². The molecule has 1 fully saturated rings. The Balaban J connectivity index is 1.81. The molecule has 0 saturated carbocycles. The molecule has 120 valence electrons. The van der Waals surface area contributed by atoms with Crippen molar-refractivity contribution in [2.75, 3.05) is 6.54 Å². The summed E-state index contributed by atoms with van der Waals surface area (Å²) < 4.78 is 1.64. The molecule has 1 aliphatic heterocycles. The van der Waals surface area contributed by atoms with Crippen LogP contribution in [0.15, 0.2) is 36.5 Å². The van der Waals surface area contributed by atoms with Crippen molar-refractivity contribution in [1.29, 1.82) is 0 Å². The summed E-state index contributed by atoms with van der Waals surface area (Å²) in [5, 5.41) is 7.90. The number of pyridine rings is 1. The van der Waals surface area contributed by atoms with Crippen LogP contribution in [0.3, 0.4) is 0 Å². The normalized spacial score (nSPS) is 14.5. The number of aryl methyl sites for hydroxylation is 1. The lowest BCUT2D eigenvalue weighted by atomic mass is 10.2. The van der Waals surface area contributed by atoms with E-state index in [1.54, 1.807) is 17.8 Å². The van der Waals surface area contributed by atoms with Crippen molar-refractivity contribution >= 4 is 22.8 Å². The summed E-state index contributed by atoms with van der Waals surface area (Å²) in [5.41, 5.74) is 1.54. The van der Waals surface area contributed by atoms with Gasteiger partial charge in [-0.3, -0.25) is 14.7 Å². The second-order valence-electron chi connectivity index (χ2n) is 5.48. The fourth-order valence-electron chi connectivity index (χ4n) is 2.77.